The Morgan fingerprint density at radius 1 is 1.00 bits per heavy atom. The van der Waals surface area contributed by atoms with Crippen molar-refractivity contribution in [1.29, 1.82) is 0 Å². The van der Waals surface area contributed by atoms with E-state index in [1.807, 2.05) is 0 Å². The average molecular weight is 282 g/mol. The van der Waals surface area contributed by atoms with Crippen molar-refractivity contribution in [3.05, 3.63) is 53.2 Å². The maximum atomic E-state index is 4.40. The maximum Gasteiger partial charge on any atom is 0.151 e. The van der Waals surface area contributed by atoms with Crippen LogP contribution in [0.15, 0.2) is 36.4 Å². The fourth-order valence-electron chi connectivity index (χ4n) is 2.77. The molecule has 1 N–H and O–H groups in total. The number of hydrogen-bond acceptors (Lipinski definition) is 4. The summed E-state index contributed by atoms with van der Waals surface area (Å²) in [6.07, 6.45) is 2.16. The van der Waals surface area contributed by atoms with Crippen molar-refractivity contribution in [2.24, 2.45) is 0 Å². The summed E-state index contributed by atoms with van der Waals surface area (Å²) in [6.45, 7) is 5.86. The number of benzene rings is 1. The highest BCUT2D eigenvalue weighted by Gasteiger charge is 2.15. The van der Waals surface area contributed by atoms with E-state index < -0.39 is 0 Å². The zero-order chi connectivity index (χ0) is 14.5. The lowest BCUT2D eigenvalue weighted by Gasteiger charge is -2.20. The minimum absolute atomic E-state index is 0.787. The number of nitrogens with one attached hydrogen (secondary N) is 1. The van der Waals surface area contributed by atoms with Crippen LogP contribution in [-0.2, 0) is 19.4 Å². The summed E-state index contributed by atoms with van der Waals surface area (Å²) < 4.78 is 0. The molecule has 3 rings (SSSR count). The third kappa shape index (κ3) is 3.39. The second-order valence-electron chi connectivity index (χ2n) is 5.42. The number of hydrogen-bond donors (Lipinski definition) is 1. The summed E-state index contributed by atoms with van der Waals surface area (Å²) in [6, 6.07) is 12.9. The Morgan fingerprint density at radius 3 is 2.29 bits per heavy atom. The minimum atomic E-state index is 0.787. The molecule has 1 aromatic heterocycles. The molecule has 110 valence electrons. The van der Waals surface area contributed by atoms with E-state index in [1.165, 1.54) is 11.1 Å². The summed E-state index contributed by atoms with van der Waals surface area (Å²) in [5.74, 6) is 0.989. The van der Waals surface area contributed by atoms with Crippen molar-refractivity contribution in [3.63, 3.8) is 0 Å². The van der Waals surface area contributed by atoms with Crippen LogP contribution in [0.5, 0.6) is 0 Å². The lowest BCUT2D eigenvalue weighted by molar-refractivity contribution is 0.693. The highest BCUT2D eigenvalue weighted by molar-refractivity contribution is 5.40. The second kappa shape index (κ2) is 6.68. The van der Waals surface area contributed by atoms with Crippen LogP contribution in [0, 0.1) is 0 Å². The van der Waals surface area contributed by atoms with Crippen LogP contribution >= 0.6 is 0 Å². The molecule has 0 unspecified atom stereocenters. The molecule has 4 nitrogen and oxygen atoms in total. The Balaban J connectivity index is 1.68. The largest absolute Gasteiger partial charge is 0.354 e. The van der Waals surface area contributed by atoms with Gasteiger partial charge in [-0.15, -0.1) is 5.10 Å². The zero-order valence-corrected chi connectivity index (χ0v) is 12.5. The van der Waals surface area contributed by atoms with Crippen LogP contribution in [0.1, 0.15) is 23.7 Å². The Bertz CT molecular complexity index is 553. The van der Waals surface area contributed by atoms with Crippen molar-refractivity contribution in [2.45, 2.75) is 26.3 Å². The van der Waals surface area contributed by atoms with Gasteiger partial charge in [0.05, 0.1) is 5.69 Å². The Kier molecular flexibility index (Phi) is 4.46. The normalized spacial score (nSPS) is 14.6. The highest BCUT2D eigenvalue weighted by Crippen LogP contribution is 2.19. The molecule has 0 radical (unpaired) electrons. The molecule has 0 aliphatic carbocycles. The molecule has 21 heavy (non-hydrogen) atoms. The first kappa shape index (κ1) is 14.0. The summed E-state index contributed by atoms with van der Waals surface area (Å²) in [4.78, 5) is 2.34. The molecule has 1 aromatic carbocycles. The van der Waals surface area contributed by atoms with Gasteiger partial charge in [0.2, 0.25) is 0 Å². The molecule has 0 atom stereocenters. The molecule has 0 amide bonds. The molecule has 1 aliphatic heterocycles. The topological polar surface area (TPSA) is 41.0 Å². The van der Waals surface area contributed by atoms with Gasteiger partial charge in [0.25, 0.3) is 0 Å². The van der Waals surface area contributed by atoms with Gasteiger partial charge in [0.15, 0.2) is 5.82 Å². The van der Waals surface area contributed by atoms with Crippen molar-refractivity contribution in [2.75, 3.05) is 24.5 Å². The molecule has 1 aliphatic rings. The van der Waals surface area contributed by atoms with E-state index in [1.54, 1.807) is 0 Å². The molecule has 0 spiro atoms. The lowest BCUT2D eigenvalue weighted by atomic mass is 10.0. The van der Waals surface area contributed by atoms with E-state index >= 15 is 0 Å². The molecule has 0 saturated carbocycles. The molecule has 0 saturated heterocycles. The predicted molar refractivity (Wildman–Crippen MR) is 85.5 cm³/mol. The molecular formula is C17H22N4. The van der Waals surface area contributed by atoms with Gasteiger partial charge in [-0.1, -0.05) is 31.2 Å². The van der Waals surface area contributed by atoms with Crippen molar-refractivity contribution in [3.8, 4) is 0 Å². The number of nitrogens with zero attached hydrogens (tertiary/aromatic N) is 3. The predicted octanol–water partition coefficient (Wildman–Crippen LogP) is 2.19. The summed E-state index contributed by atoms with van der Waals surface area (Å²) in [5, 5.41) is 12.0. The monoisotopic (exact) mass is 282 g/mol. The van der Waals surface area contributed by atoms with Gasteiger partial charge < -0.3 is 10.2 Å². The fraction of sp³-hybridized carbons (Fsp3) is 0.412. The summed E-state index contributed by atoms with van der Waals surface area (Å²) in [5.41, 5.74) is 3.94. The molecule has 0 fully saturated rings. The standard InChI is InChI=1S/C17H22N4/c1-2-18-13-16-7-8-17(20-19-16)21-11-9-14-5-3-4-6-15(14)10-12-21/h3-8,18H,2,9-13H2,1H3. The van der Waals surface area contributed by atoms with Gasteiger partial charge >= 0.3 is 0 Å². The van der Waals surface area contributed by atoms with Crippen LogP contribution in [0.3, 0.4) is 0 Å². The summed E-state index contributed by atoms with van der Waals surface area (Å²) in [7, 11) is 0. The van der Waals surface area contributed by atoms with Crippen molar-refractivity contribution in [1.82, 2.24) is 15.5 Å². The molecular weight excluding hydrogens is 260 g/mol. The van der Waals surface area contributed by atoms with Crippen molar-refractivity contribution >= 4 is 5.82 Å². The van der Waals surface area contributed by atoms with Gasteiger partial charge in [-0.2, -0.15) is 5.10 Å². The number of fused-ring (bicyclic) bond motifs is 1. The third-order valence-corrected chi connectivity index (χ3v) is 4.01. The zero-order valence-electron chi connectivity index (χ0n) is 12.5. The Labute approximate surface area is 126 Å². The molecule has 0 bridgehead atoms. The van der Waals surface area contributed by atoms with E-state index in [-0.39, 0.29) is 0 Å². The highest BCUT2D eigenvalue weighted by atomic mass is 15.3. The van der Waals surface area contributed by atoms with E-state index in [9.17, 15) is 0 Å². The second-order valence-corrected chi connectivity index (χ2v) is 5.42. The Hall–Kier alpha value is -1.94. The lowest BCUT2D eigenvalue weighted by Crippen LogP contribution is -2.27. The molecule has 2 aromatic rings. The van der Waals surface area contributed by atoms with Crippen LogP contribution in [0.25, 0.3) is 0 Å². The first-order chi connectivity index (χ1) is 10.4. The van der Waals surface area contributed by atoms with E-state index in [0.29, 0.717) is 0 Å². The number of rotatable bonds is 4. The minimum Gasteiger partial charge on any atom is -0.354 e. The van der Waals surface area contributed by atoms with Gasteiger partial charge in [-0.25, -0.2) is 0 Å². The molecule has 2 heterocycles. The SMILES string of the molecule is CCNCc1ccc(N2CCc3ccccc3CC2)nn1. The average Bonchev–Trinajstić information content (AvgIpc) is 2.76. The first-order valence-corrected chi connectivity index (χ1v) is 7.72. The van der Waals surface area contributed by atoms with Gasteiger partial charge in [-0.05, 0) is 42.6 Å². The van der Waals surface area contributed by atoms with E-state index in [0.717, 1.165) is 50.5 Å². The number of aromatic nitrogens is 2. The van der Waals surface area contributed by atoms with Crippen LogP contribution in [-0.4, -0.2) is 29.8 Å². The smallest absolute Gasteiger partial charge is 0.151 e. The Morgan fingerprint density at radius 2 is 1.71 bits per heavy atom. The fourth-order valence-corrected chi connectivity index (χ4v) is 2.77. The van der Waals surface area contributed by atoms with Crippen LogP contribution in [0.2, 0.25) is 0 Å². The van der Waals surface area contributed by atoms with Gasteiger partial charge in [-0.3, -0.25) is 0 Å². The maximum absolute atomic E-state index is 4.40. The van der Waals surface area contributed by atoms with Crippen molar-refractivity contribution < 1.29 is 0 Å². The number of anilines is 1. The van der Waals surface area contributed by atoms with E-state index in [2.05, 4.69) is 63.7 Å². The quantitative estimate of drug-likeness (QED) is 0.933. The van der Waals surface area contributed by atoms with Crippen LogP contribution in [0.4, 0.5) is 5.82 Å². The van der Waals surface area contributed by atoms with E-state index in [4.69, 9.17) is 0 Å². The van der Waals surface area contributed by atoms with Crippen LogP contribution < -0.4 is 10.2 Å². The first-order valence-electron chi connectivity index (χ1n) is 7.72. The van der Waals surface area contributed by atoms with Gasteiger partial charge in [0.1, 0.15) is 0 Å². The van der Waals surface area contributed by atoms with Gasteiger partial charge in [0, 0.05) is 19.6 Å². The molecule has 4 heteroatoms. The summed E-state index contributed by atoms with van der Waals surface area (Å²) >= 11 is 0. The third-order valence-electron chi connectivity index (χ3n) is 4.01.